The molecule has 5 nitrogen and oxygen atoms in total. The number of rotatable bonds is 4. The van der Waals surface area contributed by atoms with Gasteiger partial charge in [0, 0.05) is 0 Å². The second-order valence-corrected chi connectivity index (χ2v) is 4.34. The fourth-order valence-electron chi connectivity index (χ4n) is 1.89. The van der Waals surface area contributed by atoms with E-state index in [0.717, 1.165) is 25.7 Å². The summed E-state index contributed by atoms with van der Waals surface area (Å²) in [5.41, 5.74) is 0.154. The number of carbonyl (C=O) groups excluding carboxylic acids is 1. The van der Waals surface area contributed by atoms with E-state index < -0.39 is 5.97 Å². The van der Waals surface area contributed by atoms with Crippen LogP contribution in [0, 0.1) is 0 Å². The van der Waals surface area contributed by atoms with Gasteiger partial charge in [-0.15, -0.1) is 5.10 Å². The number of carbonyl (C=O) groups is 1. The van der Waals surface area contributed by atoms with E-state index >= 15 is 0 Å². The van der Waals surface area contributed by atoms with Crippen LogP contribution in [0.5, 0.6) is 5.88 Å². The smallest absolute Gasteiger partial charge is 0.358 e. The van der Waals surface area contributed by atoms with Crippen molar-refractivity contribution in [2.75, 3.05) is 6.61 Å². The second kappa shape index (κ2) is 5.40. The van der Waals surface area contributed by atoms with Crippen LogP contribution in [0.15, 0.2) is 0 Å². The molecule has 6 heteroatoms. The fourth-order valence-corrected chi connectivity index (χ4v) is 2.10. The van der Waals surface area contributed by atoms with Crippen LogP contribution in [-0.2, 0) is 4.74 Å². The van der Waals surface area contributed by atoms with Gasteiger partial charge >= 0.3 is 5.97 Å². The first-order chi connectivity index (χ1) is 8.22. The molecule has 1 aliphatic rings. The molecule has 0 spiro atoms. The number of aromatic amines is 1. The maximum Gasteiger partial charge on any atom is 0.358 e. The molecule has 2 rings (SSSR count). The van der Waals surface area contributed by atoms with Crippen LogP contribution in [0.1, 0.15) is 43.1 Å². The van der Waals surface area contributed by atoms with Crippen LogP contribution in [0.4, 0.5) is 0 Å². The molecule has 0 amide bonds. The largest absolute Gasteiger partial charge is 0.472 e. The summed E-state index contributed by atoms with van der Waals surface area (Å²) in [5, 5.41) is 6.66. The molecule has 1 aliphatic carbocycles. The van der Waals surface area contributed by atoms with Gasteiger partial charge in [-0.1, -0.05) is 11.6 Å². The lowest BCUT2D eigenvalue weighted by Crippen LogP contribution is -2.11. The lowest BCUT2D eigenvalue weighted by Gasteiger charge is -2.09. The predicted molar refractivity (Wildman–Crippen MR) is 62.4 cm³/mol. The standard InChI is InChI=1S/C11H15ClN2O3/c1-2-16-11(15)9-8(12)10(14-13-9)17-7-5-3-4-6-7/h7H,2-6H2,1H3,(H,13,14). The molecule has 1 aromatic rings. The minimum absolute atomic E-state index is 0.154. The van der Waals surface area contributed by atoms with Gasteiger partial charge in [-0.3, -0.25) is 5.10 Å². The van der Waals surface area contributed by atoms with E-state index in [0.29, 0.717) is 12.5 Å². The van der Waals surface area contributed by atoms with E-state index in [1.807, 2.05) is 0 Å². The second-order valence-electron chi connectivity index (χ2n) is 3.96. The number of aromatic nitrogens is 2. The number of H-pyrrole nitrogens is 1. The van der Waals surface area contributed by atoms with E-state index in [2.05, 4.69) is 10.2 Å². The van der Waals surface area contributed by atoms with Gasteiger partial charge in [-0.05, 0) is 32.6 Å². The van der Waals surface area contributed by atoms with E-state index in [-0.39, 0.29) is 16.8 Å². The lowest BCUT2D eigenvalue weighted by molar-refractivity contribution is 0.0519. The Labute approximate surface area is 104 Å². The number of halogens is 1. The topological polar surface area (TPSA) is 64.2 Å². The highest BCUT2D eigenvalue weighted by Gasteiger charge is 2.23. The first kappa shape index (κ1) is 12.2. The molecule has 0 aromatic carbocycles. The Balaban J connectivity index is 2.06. The maximum absolute atomic E-state index is 11.5. The molecule has 0 saturated heterocycles. The lowest BCUT2D eigenvalue weighted by atomic mass is 10.3. The number of ether oxygens (including phenoxy) is 2. The van der Waals surface area contributed by atoms with Gasteiger partial charge in [-0.25, -0.2) is 4.79 Å². The first-order valence-electron chi connectivity index (χ1n) is 5.80. The number of hydrogen-bond acceptors (Lipinski definition) is 4. The average Bonchev–Trinajstić information content (AvgIpc) is 2.91. The van der Waals surface area contributed by atoms with E-state index in [4.69, 9.17) is 21.1 Å². The van der Waals surface area contributed by atoms with Crippen LogP contribution in [0.2, 0.25) is 5.02 Å². The van der Waals surface area contributed by atoms with Gasteiger partial charge in [0.2, 0.25) is 0 Å². The van der Waals surface area contributed by atoms with Gasteiger partial charge in [0.15, 0.2) is 5.69 Å². The first-order valence-corrected chi connectivity index (χ1v) is 6.17. The van der Waals surface area contributed by atoms with Crippen molar-refractivity contribution in [1.29, 1.82) is 0 Å². The molecule has 0 bridgehead atoms. The van der Waals surface area contributed by atoms with Crippen molar-refractivity contribution < 1.29 is 14.3 Å². The fraction of sp³-hybridized carbons (Fsp3) is 0.636. The summed E-state index contributed by atoms with van der Waals surface area (Å²) in [6.45, 7) is 2.03. The average molecular weight is 259 g/mol. The van der Waals surface area contributed by atoms with E-state index in [1.165, 1.54) is 0 Å². The van der Waals surface area contributed by atoms with E-state index in [9.17, 15) is 4.79 Å². The highest BCUT2D eigenvalue weighted by Crippen LogP contribution is 2.30. The normalized spacial score (nSPS) is 16.1. The van der Waals surface area contributed by atoms with Crippen LogP contribution in [-0.4, -0.2) is 28.9 Å². The predicted octanol–water partition coefficient (Wildman–Crippen LogP) is 2.56. The Morgan fingerprint density at radius 1 is 1.53 bits per heavy atom. The van der Waals surface area contributed by atoms with Crippen molar-refractivity contribution >= 4 is 17.6 Å². The van der Waals surface area contributed by atoms with Crippen LogP contribution in [0.3, 0.4) is 0 Å². The van der Waals surface area contributed by atoms with Gasteiger partial charge in [0.05, 0.1) is 6.61 Å². The molecule has 0 aliphatic heterocycles. The highest BCUT2D eigenvalue weighted by atomic mass is 35.5. The number of nitrogens with one attached hydrogen (secondary N) is 1. The number of esters is 1. The Morgan fingerprint density at radius 2 is 2.24 bits per heavy atom. The summed E-state index contributed by atoms with van der Waals surface area (Å²) in [4.78, 5) is 11.5. The third-order valence-electron chi connectivity index (χ3n) is 2.74. The molecular weight excluding hydrogens is 244 g/mol. The maximum atomic E-state index is 11.5. The molecular formula is C11H15ClN2O3. The van der Waals surface area contributed by atoms with Crippen LogP contribution < -0.4 is 4.74 Å². The highest BCUT2D eigenvalue weighted by molar-refractivity contribution is 6.34. The minimum Gasteiger partial charge on any atom is -0.472 e. The van der Waals surface area contributed by atoms with Crippen molar-refractivity contribution in [3.05, 3.63) is 10.7 Å². The molecule has 1 aromatic heterocycles. The van der Waals surface area contributed by atoms with Crippen molar-refractivity contribution in [2.24, 2.45) is 0 Å². The molecule has 94 valence electrons. The molecule has 1 fully saturated rings. The zero-order valence-corrected chi connectivity index (χ0v) is 10.4. The molecule has 0 radical (unpaired) electrons. The minimum atomic E-state index is -0.508. The SMILES string of the molecule is CCOC(=O)c1[nH]nc(OC2CCCC2)c1Cl. The summed E-state index contributed by atoms with van der Waals surface area (Å²) in [5.74, 6) is -0.215. The van der Waals surface area contributed by atoms with Gasteiger partial charge in [0.25, 0.3) is 5.88 Å². The summed E-state index contributed by atoms with van der Waals surface area (Å²) < 4.78 is 10.5. The van der Waals surface area contributed by atoms with Gasteiger partial charge < -0.3 is 9.47 Å². The van der Waals surface area contributed by atoms with Crippen LogP contribution >= 0.6 is 11.6 Å². The third kappa shape index (κ3) is 2.72. The van der Waals surface area contributed by atoms with Crippen molar-refractivity contribution in [3.8, 4) is 5.88 Å². The summed E-state index contributed by atoms with van der Waals surface area (Å²) in [7, 11) is 0. The molecule has 1 saturated carbocycles. The number of hydrogen-bond donors (Lipinski definition) is 1. The zero-order valence-electron chi connectivity index (χ0n) is 9.66. The molecule has 0 atom stereocenters. The zero-order chi connectivity index (χ0) is 12.3. The van der Waals surface area contributed by atoms with Crippen molar-refractivity contribution in [2.45, 2.75) is 38.7 Å². The van der Waals surface area contributed by atoms with E-state index in [1.54, 1.807) is 6.92 Å². The molecule has 0 unspecified atom stereocenters. The van der Waals surface area contributed by atoms with Crippen molar-refractivity contribution in [1.82, 2.24) is 10.2 Å². The summed E-state index contributed by atoms with van der Waals surface area (Å²) in [6.07, 6.45) is 4.51. The number of nitrogens with zero attached hydrogens (tertiary/aromatic N) is 1. The third-order valence-corrected chi connectivity index (χ3v) is 3.09. The monoisotopic (exact) mass is 258 g/mol. The molecule has 17 heavy (non-hydrogen) atoms. The Morgan fingerprint density at radius 3 is 2.88 bits per heavy atom. The summed E-state index contributed by atoms with van der Waals surface area (Å²) in [6, 6.07) is 0. The van der Waals surface area contributed by atoms with Gasteiger partial charge in [0.1, 0.15) is 11.1 Å². The van der Waals surface area contributed by atoms with Crippen molar-refractivity contribution in [3.63, 3.8) is 0 Å². The molecule has 1 heterocycles. The Hall–Kier alpha value is -1.23. The van der Waals surface area contributed by atoms with Gasteiger partial charge in [-0.2, -0.15) is 0 Å². The van der Waals surface area contributed by atoms with Crippen LogP contribution in [0.25, 0.3) is 0 Å². The molecule has 1 N–H and O–H groups in total. The summed E-state index contributed by atoms with van der Waals surface area (Å²) >= 11 is 6.01. The quantitative estimate of drug-likeness (QED) is 0.843. The Kier molecular flexibility index (Phi) is 3.89. The Bertz CT molecular complexity index is 399.